The van der Waals surface area contributed by atoms with Crippen LogP contribution in [0.3, 0.4) is 0 Å². The molecule has 2 heterocycles. The topological polar surface area (TPSA) is 77.8 Å². The molecule has 15 heavy (non-hydrogen) atoms. The Morgan fingerprint density at radius 1 is 1.20 bits per heavy atom. The zero-order valence-electron chi connectivity index (χ0n) is 7.25. The maximum absolute atomic E-state index is 11.0. The SMILES string of the molecule is O=S1(=O)Oc2c(n(O)c3ccccc23)O1. The van der Waals surface area contributed by atoms with Crippen LogP contribution in [0.25, 0.3) is 10.9 Å². The molecule has 1 aromatic carbocycles. The first-order valence-electron chi connectivity index (χ1n) is 4.05. The molecule has 1 aliphatic heterocycles. The van der Waals surface area contributed by atoms with Crippen LogP contribution in [0.1, 0.15) is 0 Å². The standard InChI is InChI=1S/C8H5NO5S/c10-9-6-4-2-1-3-5(6)7-8(9)14-15(11,12)13-7/h1-4,10H. The molecule has 0 fully saturated rings. The molecule has 7 heteroatoms. The van der Waals surface area contributed by atoms with E-state index in [2.05, 4.69) is 8.37 Å². The maximum atomic E-state index is 11.0. The average molecular weight is 227 g/mol. The van der Waals surface area contributed by atoms with Gasteiger partial charge in [0.25, 0.3) is 5.88 Å². The van der Waals surface area contributed by atoms with Crippen molar-refractivity contribution in [2.45, 2.75) is 0 Å². The fraction of sp³-hybridized carbons (Fsp3) is 0. The monoisotopic (exact) mass is 227 g/mol. The molecule has 0 saturated carbocycles. The minimum Gasteiger partial charge on any atom is -0.425 e. The quantitative estimate of drug-likeness (QED) is 0.676. The molecule has 0 atom stereocenters. The number of hydrogen-bond acceptors (Lipinski definition) is 5. The van der Waals surface area contributed by atoms with Gasteiger partial charge in [0.2, 0.25) is 5.75 Å². The lowest BCUT2D eigenvalue weighted by atomic mass is 10.2. The first-order chi connectivity index (χ1) is 7.08. The predicted octanol–water partition coefficient (Wildman–Crippen LogP) is 0.895. The van der Waals surface area contributed by atoms with E-state index in [1.807, 2.05) is 0 Å². The molecular formula is C8H5NO5S. The summed E-state index contributed by atoms with van der Waals surface area (Å²) in [5.41, 5.74) is 0.428. The van der Waals surface area contributed by atoms with Crippen molar-refractivity contribution in [1.82, 2.24) is 4.73 Å². The summed E-state index contributed by atoms with van der Waals surface area (Å²) in [6, 6.07) is 6.66. The lowest BCUT2D eigenvalue weighted by Gasteiger charge is -1.98. The molecule has 0 amide bonds. The van der Waals surface area contributed by atoms with Crippen molar-refractivity contribution in [3.63, 3.8) is 0 Å². The molecule has 0 unspecified atom stereocenters. The van der Waals surface area contributed by atoms with E-state index in [1.54, 1.807) is 24.3 Å². The molecule has 1 N–H and O–H groups in total. The molecule has 1 aromatic heterocycles. The number of benzene rings is 1. The van der Waals surface area contributed by atoms with Crippen LogP contribution < -0.4 is 8.37 Å². The second-order valence-electron chi connectivity index (χ2n) is 3.04. The van der Waals surface area contributed by atoms with Gasteiger partial charge in [-0.25, -0.2) is 0 Å². The third kappa shape index (κ3) is 1.00. The predicted molar refractivity (Wildman–Crippen MR) is 49.3 cm³/mol. The van der Waals surface area contributed by atoms with Crippen LogP contribution in [0.4, 0.5) is 0 Å². The summed E-state index contributed by atoms with van der Waals surface area (Å²) in [6.07, 6.45) is 0. The Hall–Kier alpha value is -1.89. The molecular weight excluding hydrogens is 222 g/mol. The van der Waals surface area contributed by atoms with Crippen LogP contribution in [0.5, 0.6) is 11.6 Å². The Kier molecular flexibility index (Phi) is 1.33. The van der Waals surface area contributed by atoms with Gasteiger partial charge in [-0.2, -0.15) is 0 Å². The molecule has 6 nitrogen and oxygen atoms in total. The summed E-state index contributed by atoms with van der Waals surface area (Å²) in [5.74, 6) is -0.190. The molecule has 0 bridgehead atoms. The van der Waals surface area contributed by atoms with Crippen molar-refractivity contribution in [2.75, 3.05) is 0 Å². The summed E-state index contributed by atoms with van der Waals surface area (Å²) in [6.45, 7) is 0. The highest BCUT2D eigenvalue weighted by atomic mass is 32.3. The zero-order valence-corrected chi connectivity index (χ0v) is 8.06. The Labute approximate surface area is 84.5 Å². The van der Waals surface area contributed by atoms with Crippen LogP contribution in [0, 0.1) is 0 Å². The smallest absolute Gasteiger partial charge is 0.425 e. The van der Waals surface area contributed by atoms with Crippen molar-refractivity contribution >= 4 is 21.3 Å². The Morgan fingerprint density at radius 2 is 1.93 bits per heavy atom. The number of fused-ring (bicyclic) bond motifs is 3. The molecule has 1 aliphatic rings. The zero-order chi connectivity index (χ0) is 10.6. The van der Waals surface area contributed by atoms with Gasteiger partial charge in [-0.3, -0.25) is 0 Å². The fourth-order valence-corrected chi connectivity index (χ4v) is 2.28. The van der Waals surface area contributed by atoms with Crippen LogP contribution in [0.2, 0.25) is 0 Å². The van der Waals surface area contributed by atoms with E-state index in [-0.39, 0.29) is 11.6 Å². The highest BCUT2D eigenvalue weighted by molar-refractivity contribution is 7.82. The summed E-state index contributed by atoms with van der Waals surface area (Å²) in [5, 5.41) is 10.1. The van der Waals surface area contributed by atoms with Gasteiger partial charge < -0.3 is 13.6 Å². The van der Waals surface area contributed by atoms with E-state index in [0.29, 0.717) is 15.6 Å². The number of nitrogens with zero attached hydrogens (tertiary/aromatic N) is 1. The first kappa shape index (κ1) is 8.42. The van der Waals surface area contributed by atoms with E-state index in [9.17, 15) is 13.6 Å². The van der Waals surface area contributed by atoms with E-state index < -0.39 is 10.4 Å². The van der Waals surface area contributed by atoms with Gasteiger partial charge in [0.1, 0.15) is 0 Å². The van der Waals surface area contributed by atoms with E-state index >= 15 is 0 Å². The van der Waals surface area contributed by atoms with Gasteiger partial charge in [-0.1, -0.05) is 12.1 Å². The molecule has 0 spiro atoms. The van der Waals surface area contributed by atoms with Gasteiger partial charge in [0, 0.05) is 0 Å². The first-order valence-corrected chi connectivity index (χ1v) is 5.38. The van der Waals surface area contributed by atoms with Gasteiger partial charge in [-0.15, -0.1) is 13.1 Å². The minimum absolute atomic E-state index is 0.0214. The van der Waals surface area contributed by atoms with Crippen molar-refractivity contribution < 1.29 is 22.0 Å². The third-order valence-electron chi connectivity index (χ3n) is 2.13. The van der Waals surface area contributed by atoms with E-state index in [4.69, 9.17) is 0 Å². The largest absolute Gasteiger partial charge is 0.502 e. The second-order valence-corrected chi connectivity index (χ2v) is 4.19. The van der Waals surface area contributed by atoms with Gasteiger partial charge in [0.05, 0.1) is 10.9 Å². The Morgan fingerprint density at radius 3 is 2.73 bits per heavy atom. The van der Waals surface area contributed by atoms with Crippen LogP contribution in [0.15, 0.2) is 24.3 Å². The van der Waals surface area contributed by atoms with Gasteiger partial charge in [0.15, 0.2) is 0 Å². The molecule has 0 radical (unpaired) electrons. The van der Waals surface area contributed by atoms with Crippen LogP contribution in [-0.4, -0.2) is 18.4 Å². The summed E-state index contributed by atoms with van der Waals surface area (Å²) in [4.78, 5) is 0. The Bertz CT molecular complexity index is 657. The average Bonchev–Trinajstić information content (AvgIpc) is 2.63. The van der Waals surface area contributed by atoms with Crippen molar-refractivity contribution in [3.8, 4) is 11.6 Å². The lowest BCUT2D eigenvalue weighted by Crippen LogP contribution is -2.10. The number of para-hydroxylation sites is 1. The number of rotatable bonds is 0. The van der Waals surface area contributed by atoms with Crippen LogP contribution >= 0.6 is 0 Å². The normalized spacial score (nSPS) is 17.1. The van der Waals surface area contributed by atoms with Crippen molar-refractivity contribution in [1.29, 1.82) is 0 Å². The highest BCUT2D eigenvalue weighted by Gasteiger charge is 2.35. The summed E-state index contributed by atoms with van der Waals surface area (Å²) >= 11 is 0. The summed E-state index contributed by atoms with van der Waals surface area (Å²) in [7, 11) is -4.06. The highest BCUT2D eigenvalue weighted by Crippen LogP contribution is 2.43. The van der Waals surface area contributed by atoms with Gasteiger partial charge in [-0.05, 0) is 12.1 Å². The van der Waals surface area contributed by atoms with Crippen molar-refractivity contribution in [3.05, 3.63) is 24.3 Å². The molecule has 0 aliphatic carbocycles. The summed E-state index contributed by atoms with van der Waals surface area (Å²) < 4.78 is 31.7. The minimum atomic E-state index is -4.06. The fourth-order valence-electron chi connectivity index (χ4n) is 1.54. The number of hydrogen-bond donors (Lipinski definition) is 1. The van der Waals surface area contributed by atoms with E-state index in [1.165, 1.54) is 0 Å². The molecule has 0 saturated heterocycles. The van der Waals surface area contributed by atoms with Crippen molar-refractivity contribution in [2.24, 2.45) is 0 Å². The second kappa shape index (κ2) is 2.37. The number of aromatic nitrogens is 1. The van der Waals surface area contributed by atoms with Crippen LogP contribution in [-0.2, 0) is 10.4 Å². The molecule has 3 rings (SSSR count). The molecule has 2 aromatic rings. The lowest BCUT2D eigenvalue weighted by molar-refractivity contribution is 0.181. The molecule has 78 valence electrons. The third-order valence-corrected chi connectivity index (χ3v) is 2.86. The van der Waals surface area contributed by atoms with Gasteiger partial charge >= 0.3 is 10.4 Å². The van der Waals surface area contributed by atoms with E-state index in [0.717, 1.165) is 0 Å². The Balaban J connectivity index is 2.43. The maximum Gasteiger partial charge on any atom is 0.502 e.